The second kappa shape index (κ2) is 9.39. The molecule has 5 nitrogen and oxygen atoms in total. The number of aromatic nitrogens is 2. The van der Waals surface area contributed by atoms with Crippen LogP contribution < -0.4 is 10.6 Å². The number of halogens is 2. The summed E-state index contributed by atoms with van der Waals surface area (Å²) in [5.41, 5.74) is 1.22. The van der Waals surface area contributed by atoms with Crippen molar-refractivity contribution in [3.8, 4) is 0 Å². The molecule has 0 aliphatic carbocycles. The van der Waals surface area contributed by atoms with E-state index in [0.29, 0.717) is 19.4 Å². The molecule has 0 saturated carbocycles. The van der Waals surface area contributed by atoms with Crippen LogP contribution >= 0.6 is 24.2 Å². The van der Waals surface area contributed by atoms with Gasteiger partial charge in [0.05, 0.1) is 0 Å². The van der Waals surface area contributed by atoms with Gasteiger partial charge in [0.15, 0.2) is 0 Å². The topological polar surface area (TPSA) is 59.0 Å². The van der Waals surface area contributed by atoms with E-state index in [1.54, 1.807) is 34.8 Å². The molecule has 2 aromatic rings. The molecule has 2 N–H and O–H groups in total. The lowest BCUT2D eigenvalue weighted by Gasteiger charge is -2.36. The lowest BCUT2D eigenvalue weighted by molar-refractivity contribution is -0.132. The lowest BCUT2D eigenvalue weighted by Crippen LogP contribution is -2.54. The molecular weight excluding hydrogens is 375 g/mol. The average Bonchev–Trinajstić information content (AvgIpc) is 3.17. The molecule has 3 rings (SSSR count). The van der Waals surface area contributed by atoms with Crippen LogP contribution in [-0.2, 0) is 22.6 Å². The third kappa shape index (κ3) is 4.39. The molecule has 2 heterocycles. The predicted molar refractivity (Wildman–Crippen MR) is 105 cm³/mol. The number of rotatable bonds is 6. The van der Waals surface area contributed by atoms with E-state index >= 15 is 0 Å². The van der Waals surface area contributed by atoms with E-state index in [1.807, 2.05) is 18.5 Å². The highest BCUT2D eigenvalue weighted by Crippen LogP contribution is 2.27. The maximum atomic E-state index is 13.5. The fourth-order valence-corrected chi connectivity index (χ4v) is 3.90. The van der Waals surface area contributed by atoms with Gasteiger partial charge in [0, 0.05) is 24.7 Å². The van der Waals surface area contributed by atoms with Gasteiger partial charge >= 0.3 is 0 Å². The quantitative estimate of drug-likeness (QED) is 0.785. The van der Waals surface area contributed by atoms with Crippen LogP contribution in [0.2, 0.25) is 0 Å². The third-order valence-electron chi connectivity index (χ3n) is 4.70. The molecule has 1 aromatic carbocycles. The van der Waals surface area contributed by atoms with Gasteiger partial charge in [0.25, 0.3) is 0 Å². The summed E-state index contributed by atoms with van der Waals surface area (Å²) in [6, 6.07) is 6.59. The van der Waals surface area contributed by atoms with Gasteiger partial charge in [0.2, 0.25) is 5.91 Å². The van der Waals surface area contributed by atoms with Crippen molar-refractivity contribution in [1.82, 2.24) is 20.4 Å². The number of nitrogens with zero attached hydrogens (tertiary/aromatic N) is 2. The molecule has 1 saturated heterocycles. The molecule has 0 radical (unpaired) electrons. The first-order valence-electron chi connectivity index (χ1n) is 8.41. The average molecular weight is 399 g/mol. The van der Waals surface area contributed by atoms with Crippen molar-refractivity contribution in [2.24, 2.45) is 0 Å². The molecule has 1 amide bonds. The summed E-state index contributed by atoms with van der Waals surface area (Å²) in [5, 5.41) is 10.7. The van der Waals surface area contributed by atoms with E-state index in [1.165, 1.54) is 6.07 Å². The zero-order valence-electron chi connectivity index (χ0n) is 14.7. The standard InChI is InChI=1S/C18H23FN4OS.ClH/c1-25-13-15-11-16(19)4-3-14(15)12-21-17(24)18(5-8-20-9-6-18)23-10-2-7-22-23;/h2-4,7,10-11,20H,5-6,8-9,12-13H2,1H3,(H,21,24);1H. The summed E-state index contributed by atoms with van der Waals surface area (Å²) in [4.78, 5) is 13.0. The zero-order chi connectivity index (χ0) is 17.7. The number of carbonyl (C=O) groups excluding carboxylic acids is 1. The van der Waals surface area contributed by atoms with Crippen LogP contribution in [0.25, 0.3) is 0 Å². The van der Waals surface area contributed by atoms with Crippen molar-refractivity contribution in [2.75, 3.05) is 19.3 Å². The second-order valence-electron chi connectivity index (χ2n) is 6.26. The molecule has 26 heavy (non-hydrogen) atoms. The minimum absolute atomic E-state index is 0. The van der Waals surface area contributed by atoms with Crippen LogP contribution in [0.3, 0.4) is 0 Å². The van der Waals surface area contributed by atoms with Crippen LogP contribution in [0, 0.1) is 5.82 Å². The number of thioether (sulfide) groups is 1. The van der Waals surface area contributed by atoms with Crippen molar-refractivity contribution < 1.29 is 9.18 Å². The Morgan fingerprint density at radius 1 is 1.38 bits per heavy atom. The van der Waals surface area contributed by atoms with Gasteiger partial charge in [-0.1, -0.05) is 6.07 Å². The Kier molecular flexibility index (Phi) is 7.49. The van der Waals surface area contributed by atoms with E-state index in [4.69, 9.17) is 0 Å². The van der Waals surface area contributed by atoms with Crippen LogP contribution in [0.15, 0.2) is 36.7 Å². The number of nitrogens with one attached hydrogen (secondary N) is 2. The summed E-state index contributed by atoms with van der Waals surface area (Å²) in [7, 11) is 0. The molecule has 0 unspecified atom stereocenters. The second-order valence-corrected chi connectivity index (χ2v) is 7.13. The van der Waals surface area contributed by atoms with Crippen LogP contribution in [0.5, 0.6) is 0 Å². The molecular formula is C18H24ClFN4OS. The lowest BCUT2D eigenvalue weighted by atomic mass is 9.87. The van der Waals surface area contributed by atoms with Crippen molar-refractivity contribution >= 4 is 30.1 Å². The summed E-state index contributed by atoms with van der Waals surface area (Å²) >= 11 is 1.64. The normalized spacial score (nSPS) is 15.9. The van der Waals surface area contributed by atoms with Crippen molar-refractivity contribution in [3.63, 3.8) is 0 Å². The maximum absolute atomic E-state index is 13.5. The zero-order valence-corrected chi connectivity index (χ0v) is 16.3. The van der Waals surface area contributed by atoms with Crippen LogP contribution in [0.4, 0.5) is 4.39 Å². The first-order chi connectivity index (χ1) is 12.2. The molecule has 1 aromatic heterocycles. The van der Waals surface area contributed by atoms with Crippen LogP contribution in [0.1, 0.15) is 24.0 Å². The number of carbonyl (C=O) groups is 1. The Bertz CT molecular complexity index is 720. The van der Waals surface area contributed by atoms with Crippen molar-refractivity contribution in [1.29, 1.82) is 0 Å². The SMILES string of the molecule is CSCc1cc(F)ccc1CNC(=O)C1(n2cccn2)CCNCC1.Cl. The largest absolute Gasteiger partial charge is 0.350 e. The van der Waals surface area contributed by atoms with Gasteiger partial charge in [-0.2, -0.15) is 16.9 Å². The van der Waals surface area contributed by atoms with E-state index in [9.17, 15) is 9.18 Å². The Morgan fingerprint density at radius 2 is 2.15 bits per heavy atom. The van der Waals surface area contributed by atoms with E-state index in [2.05, 4.69) is 15.7 Å². The Labute approximate surface area is 163 Å². The minimum atomic E-state index is -0.658. The smallest absolute Gasteiger partial charge is 0.248 e. The van der Waals surface area contributed by atoms with Gasteiger partial charge in [0.1, 0.15) is 11.4 Å². The fourth-order valence-electron chi connectivity index (χ4n) is 3.32. The fraction of sp³-hybridized carbons (Fsp3) is 0.444. The minimum Gasteiger partial charge on any atom is -0.350 e. The number of amides is 1. The highest BCUT2D eigenvalue weighted by molar-refractivity contribution is 7.97. The number of benzene rings is 1. The van der Waals surface area contributed by atoms with Gasteiger partial charge in [-0.25, -0.2) is 4.39 Å². The molecule has 0 bridgehead atoms. The van der Waals surface area contributed by atoms with Crippen molar-refractivity contribution in [3.05, 3.63) is 53.6 Å². The van der Waals surface area contributed by atoms with Gasteiger partial charge in [-0.3, -0.25) is 9.48 Å². The van der Waals surface area contributed by atoms with E-state index < -0.39 is 5.54 Å². The Balaban J connectivity index is 0.00000243. The van der Waals surface area contributed by atoms with Crippen LogP contribution in [-0.4, -0.2) is 35.0 Å². The molecule has 0 atom stereocenters. The highest BCUT2D eigenvalue weighted by atomic mass is 35.5. The first kappa shape index (κ1) is 20.7. The highest BCUT2D eigenvalue weighted by Gasteiger charge is 2.41. The third-order valence-corrected chi connectivity index (χ3v) is 5.30. The van der Waals surface area contributed by atoms with Crippen molar-refractivity contribution in [2.45, 2.75) is 30.7 Å². The molecule has 142 valence electrons. The molecule has 1 fully saturated rings. The molecule has 0 spiro atoms. The monoisotopic (exact) mass is 398 g/mol. The number of hydrogen-bond acceptors (Lipinski definition) is 4. The summed E-state index contributed by atoms with van der Waals surface area (Å²) in [6.07, 6.45) is 6.92. The maximum Gasteiger partial charge on any atom is 0.248 e. The first-order valence-corrected chi connectivity index (χ1v) is 9.80. The molecule has 8 heteroatoms. The Hall–Kier alpha value is -1.57. The molecule has 1 aliphatic heterocycles. The summed E-state index contributed by atoms with van der Waals surface area (Å²) in [5.74, 6) is 0.444. The Morgan fingerprint density at radius 3 is 2.81 bits per heavy atom. The van der Waals surface area contributed by atoms with Gasteiger partial charge in [-0.05, 0) is 61.5 Å². The van der Waals surface area contributed by atoms with Gasteiger partial charge in [-0.15, -0.1) is 12.4 Å². The van der Waals surface area contributed by atoms with E-state index in [-0.39, 0.29) is 24.1 Å². The predicted octanol–water partition coefficient (Wildman–Crippen LogP) is 2.70. The number of hydrogen-bond donors (Lipinski definition) is 2. The number of piperidine rings is 1. The molecule has 1 aliphatic rings. The summed E-state index contributed by atoms with van der Waals surface area (Å²) < 4.78 is 15.3. The van der Waals surface area contributed by atoms with E-state index in [0.717, 1.165) is 30.0 Å². The van der Waals surface area contributed by atoms with Gasteiger partial charge < -0.3 is 10.6 Å². The summed E-state index contributed by atoms with van der Waals surface area (Å²) in [6.45, 7) is 1.95.